The van der Waals surface area contributed by atoms with Crippen LogP contribution in [0.1, 0.15) is 18.0 Å². The molecule has 0 spiro atoms. The van der Waals surface area contributed by atoms with Gasteiger partial charge in [-0.3, -0.25) is 4.79 Å². The summed E-state index contributed by atoms with van der Waals surface area (Å²) in [5.74, 6) is -0.0312. The molecule has 13 heavy (non-hydrogen) atoms. The molecule has 1 amide bonds. The number of rotatable bonds is 3. The number of amides is 1. The first-order valence-corrected chi connectivity index (χ1v) is 4.25. The predicted octanol–water partition coefficient (Wildman–Crippen LogP) is 0.822. The minimum absolute atomic E-state index is 0.0312. The predicted molar refractivity (Wildman–Crippen MR) is 52.1 cm³/mol. The summed E-state index contributed by atoms with van der Waals surface area (Å²) in [5.41, 5.74) is 6.80. The zero-order valence-corrected chi connectivity index (χ0v) is 7.66. The molecule has 0 saturated heterocycles. The Morgan fingerprint density at radius 1 is 1.46 bits per heavy atom. The number of carbonyl (C=O) groups is 1. The van der Waals surface area contributed by atoms with Crippen LogP contribution >= 0.6 is 0 Å². The maximum atomic E-state index is 11.0. The zero-order valence-electron chi connectivity index (χ0n) is 7.66. The molecule has 70 valence electrons. The molecule has 1 atom stereocenters. The van der Waals surface area contributed by atoms with Crippen molar-refractivity contribution in [1.29, 1.82) is 0 Å². The normalized spacial score (nSPS) is 12.2. The average molecular weight is 178 g/mol. The third-order valence-corrected chi connectivity index (χ3v) is 1.91. The van der Waals surface area contributed by atoms with Crippen LogP contribution in [0.4, 0.5) is 0 Å². The molecule has 1 aromatic rings. The van der Waals surface area contributed by atoms with Crippen LogP contribution in [0.3, 0.4) is 0 Å². The topological polar surface area (TPSA) is 55.1 Å². The van der Waals surface area contributed by atoms with Gasteiger partial charge >= 0.3 is 0 Å². The third kappa shape index (κ3) is 2.87. The summed E-state index contributed by atoms with van der Waals surface area (Å²) in [7, 11) is 1.61. The van der Waals surface area contributed by atoms with Crippen molar-refractivity contribution < 1.29 is 4.79 Å². The summed E-state index contributed by atoms with van der Waals surface area (Å²) in [6.07, 6.45) is 0.334. The molecule has 3 N–H and O–H groups in total. The van der Waals surface area contributed by atoms with Gasteiger partial charge in [0.15, 0.2) is 0 Å². The molecule has 0 unspecified atom stereocenters. The molecule has 0 heterocycles. The molecule has 0 aromatic heterocycles. The van der Waals surface area contributed by atoms with Crippen molar-refractivity contribution in [3.05, 3.63) is 35.9 Å². The number of benzene rings is 1. The van der Waals surface area contributed by atoms with Crippen LogP contribution in [-0.2, 0) is 4.79 Å². The first kappa shape index (κ1) is 9.74. The van der Waals surface area contributed by atoms with Crippen molar-refractivity contribution in [1.82, 2.24) is 5.32 Å². The molecule has 3 heteroatoms. The van der Waals surface area contributed by atoms with Gasteiger partial charge in [-0.1, -0.05) is 30.3 Å². The van der Waals surface area contributed by atoms with Crippen molar-refractivity contribution in [2.75, 3.05) is 7.05 Å². The highest BCUT2D eigenvalue weighted by molar-refractivity contribution is 5.76. The van der Waals surface area contributed by atoms with E-state index < -0.39 is 0 Å². The highest BCUT2D eigenvalue weighted by Gasteiger charge is 2.09. The van der Waals surface area contributed by atoms with Crippen LogP contribution in [-0.4, -0.2) is 13.0 Å². The molecular formula is C10H14N2O. The number of hydrogen-bond acceptors (Lipinski definition) is 2. The molecule has 0 aliphatic heterocycles. The summed E-state index contributed by atoms with van der Waals surface area (Å²) in [4.78, 5) is 11.0. The van der Waals surface area contributed by atoms with E-state index in [1.807, 2.05) is 30.3 Å². The monoisotopic (exact) mass is 178 g/mol. The Kier molecular flexibility index (Phi) is 3.46. The Balaban J connectivity index is 2.59. The maximum Gasteiger partial charge on any atom is 0.221 e. The van der Waals surface area contributed by atoms with Gasteiger partial charge < -0.3 is 11.1 Å². The smallest absolute Gasteiger partial charge is 0.221 e. The van der Waals surface area contributed by atoms with Gasteiger partial charge in [-0.2, -0.15) is 0 Å². The van der Waals surface area contributed by atoms with Gasteiger partial charge in [-0.05, 0) is 5.56 Å². The minimum Gasteiger partial charge on any atom is -0.359 e. The van der Waals surface area contributed by atoms with Gasteiger partial charge in [-0.15, -0.1) is 0 Å². The largest absolute Gasteiger partial charge is 0.359 e. The van der Waals surface area contributed by atoms with Gasteiger partial charge in [-0.25, -0.2) is 0 Å². The van der Waals surface area contributed by atoms with E-state index in [4.69, 9.17) is 5.73 Å². The standard InChI is InChI=1S/C10H14N2O/c1-12-10(13)7-9(11)8-5-3-2-4-6-8/h2-6,9H,7,11H2,1H3,(H,12,13)/t9-/m1/s1. The van der Waals surface area contributed by atoms with Crippen LogP contribution in [0, 0.1) is 0 Å². The quantitative estimate of drug-likeness (QED) is 0.720. The van der Waals surface area contributed by atoms with Crippen LogP contribution in [0.2, 0.25) is 0 Å². The van der Waals surface area contributed by atoms with Gasteiger partial charge in [0.2, 0.25) is 5.91 Å². The molecule has 1 aromatic carbocycles. The molecular weight excluding hydrogens is 164 g/mol. The second-order valence-electron chi connectivity index (χ2n) is 2.89. The van der Waals surface area contributed by atoms with Crippen molar-refractivity contribution in [2.24, 2.45) is 5.73 Å². The lowest BCUT2D eigenvalue weighted by molar-refractivity contribution is -0.120. The van der Waals surface area contributed by atoms with E-state index in [9.17, 15) is 4.79 Å². The van der Waals surface area contributed by atoms with Gasteiger partial charge in [0.05, 0.1) is 0 Å². The summed E-state index contributed by atoms with van der Waals surface area (Å²) < 4.78 is 0. The van der Waals surface area contributed by atoms with E-state index in [0.29, 0.717) is 6.42 Å². The second kappa shape index (κ2) is 4.62. The van der Waals surface area contributed by atoms with E-state index in [1.54, 1.807) is 7.05 Å². The molecule has 0 bridgehead atoms. The van der Waals surface area contributed by atoms with Gasteiger partial charge in [0.1, 0.15) is 0 Å². The Hall–Kier alpha value is -1.35. The Morgan fingerprint density at radius 3 is 2.62 bits per heavy atom. The fourth-order valence-corrected chi connectivity index (χ4v) is 1.12. The van der Waals surface area contributed by atoms with Crippen molar-refractivity contribution in [3.63, 3.8) is 0 Å². The van der Waals surface area contributed by atoms with Crippen molar-refractivity contribution in [3.8, 4) is 0 Å². The lowest BCUT2D eigenvalue weighted by Crippen LogP contribution is -2.24. The Morgan fingerprint density at radius 2 is 2.08 bits per heavy atom. The lowest BCUT2D eigenvalue weighted by Gasteiger charge is -2.10. The molecule has 0 aliphatic rings. The molecule has 1 rings (SSSR count). The van der Waals surface area contributed by atoms with Crippen LogP contribution in [0.15, 0.2) is 30.3 Å². The zero-order chi connectivity index (χ0) is 9.68. The number of carbonyl (C=O) groups excluding carboxylic acids is 1. The van der Waals surface area contributed by atoms with Gasteiger partial charge in [0.25, 0.3) is 0 Å². The maximum absolute atomic E-state index is 11.0. The van der Waals surface area contributed by atoms with E-state index >= 15 is 0 Å². The number of nitrogens with two attached hydrogens (primary N) is 1. The molecule has 3 nitrogen and oxygen atoms in total. The number of nitrogens with one attached hydrogen (secondary N) is 1. The molecule has 0 radical (unpaired) electrons. The van der Waals surface area contributed by atoms with Crippen LogP contribution < -0.4 is 11.1 Å². The second-order valence-corrected chi connectivity index (χ2v) is 2.89. The third-order valence-electron chi connectivity index (χ3n) is 1.91. The van der Waals surface area contributed by atoms with E-state index in [1.165, 1.54) is 0 Å². The number of hydrogen-bond donors (Lipinski definition) is 2. The van der Waals surface area contributed by atoms with E-state index in [-0.39, 0.29) is 11.9 Å². The summed E-state index contributed by atoms with van der Waals surface area (Å²) in [6, 6.07) is 9.40. The van der Waals surface area contributed by atoms with Crippen molar-refractivity contribution in [2.45, 2.75) is 12.5 Å². The molecule has 0 saturated carbocycles. The van der Waals surface area contributed by atoms with E-state index in [2.05, 4.69) is 5.32 Å². The van der Waals surface area contributed by atoms with Crippen molar-refractivity contribution >= 4 is 5.91 Å². The highest BCUT2D eigenvalue weighted by Crippen LogP contribution is 2.12. The SMILES string of the molecule is CNC(=O)C[C@@H](N)c1ccccc1. The van der Waals surface area contributed by atoms with Crippen LogP contribution in [0.5, 0.6) is 0 Å². The highest BCUT2D eigenvalue weighted by atomic mass is 16.1. The lowest BCUT2D eigenvalue weighted by atomic mass is 10.0. The van der Waals surface area contributed by atoms with Crippen LogP contribution in [0.25, 0.3) is 0 Å². The summed E-state index contributed by atoms with van der Waals surface area (Å²) in [5, 5.41) is 2.55. The average Bonchev–Trinajstić information content (AvgIpc) is 2.19. The molecule has 0 aliphatic carbocycles. The fourth-order valence-electron chi connectivity index (χ4n) is 1.12. The Labute approximate surface area is 77.9 Å². The minimum atomic E-state index is -0.207. The fraction of sp³-hybridized carbons (Fsp3) is 0.300. The summed E-state index contributed by atoms with van der Waals surface area (Å²) in [6.45, 7) is 0. The Bertz CT molecular complexity index is 272. The van der Waals surface area contributed by atoms with E-state index in [0.717, 1.165) is 5.56 Å². The first-order valence-electron chi connectivity index (χ1n) is 4.25. The molecule has 0 fully saturated rings. The summed E-state index contributed by atoms with van der Waals surface area (Å²) >= 11 is 0. The van der Waals surface area contributed by atoms with Gasteiger partial charge in [0, 0.05) is 19.5 Å². The first-order chi connectivity index (χ1) is 6.24.